The molecule has 1 aliphatic rings. The summed E-state index contributed by atoms with van der Waals surface area (Å²) < 4.78 is 64.8. The van der Waals surface area contributed by atoms with Crippen LogP contribution >= 0.6 is 0 Å². The van der Waals surface area contributed by atoms with Gasteiger partial charge in [-0.2, -0.15) is 22.7 Å². The summed E-state index contributed by atoms with van der Waals surface area (Å²) in [4.78, 5) is 10.6. The molecule has 0 saturated carbocycles. The van der Waals surface area contributed by atoms with Gasteiger partial charge in [-0.1, -0.05) is 0 Å². The van der Waals surface area contributed by atoms with Crippen molar-refractivity contribution < 1.29 is 31.5 Å². The third-order valence-corrected chi connectivity index (χ3v) is 5.85. The maximum absolute atomic E-state index is 13.0. The van der Waals surface area contributed by atoms with Gasteiger partial charge in [0, 0.05) is 13.1 Å². The molecule has 1 heterocycles. The second-order valence-electron chi connectivity index (χ2n) is 5.77. The van der Waals surface area contributed by atoms with Gasteiger partial charge in [0.15, 0.2) is 0 Å². The number of carboxylic acids is 1. The van der Waals surface area contributed by atoms with Crippen LogP contribution in [0.15, 0.2) is 23.1 Å². The topological polar surface area (TPSA) is 98.5 Å². The van der Waals surface area contributed by atoms with Crippen LogP contribution in [0.2, 0.25) is 0 Å². The van der Waals surface area contributed by atoms with Crippen LogP contribution in [-0.4, -0.2) is 36.9 Å². The summed E-state index contributed by atoms with van der Waals surface area (Å²) >= 11 is 0. The van der Waals surface area contributed by atoms with Gasteiger partial charge in [-0.15, -0.1) is 0 Å². The molecule has 1 atom stereocenters. The fourth-order valence-corrected chi connectivity index (χ4v) is 4.05. The minimum Gasteiger partial charge on any atom is -0.481 e. The van der Waals surface area contributed by atoms with E-state index in [1.54, 1.807) is 0 Å². The predicted molar refractivity (Wildman–Crippen MR) is 75.3 cm³/mol. The lowest BCUT2D eigenvalue weighted by molar-refractivity contribution is -0.147. The van der Waals surface area contributed by atoms with E-state index in [4.69, 9.17) is 10.4 Å². The number of aliphatic carboxylic acids is 1. The Bertz CT molecular complexity index is 829. The summed E-state index contributed by atoms with van der Waals surface area (Å²) in [6.45, 7) is 0.948. The first kappa shape index (κ1) is 18.2. The van der Waals surface area contributed by atoms with E-state index in [1.807, 2.05) is 0 Å². The van der Waals surface area contributed by atoms with Crippen LogP contribution < -0.4 is 0 Å². The van der Waals surface area contributed by atoms with Crippen LogP contribution in [0.4, 0.5) is 13.2 Å². The van der Waals surface area contributed by atoms with Gasteiger partial charge in [0.2, 0.25) is 10.0 Å². The van der Waals surface area contributed by atoms with Gasteiger partial charge in [0.05, 0.1) is 27.5 Å². The molecule has 1 unspecified atom stereocenters. The molecule has 0 spiro atoms. The lowest BCUT2D eigenvalue weighted by atomic mass is 9.90. The van der Waals surface area contributed by atoms with Gasteiger partial charge in [-0.05, 0) is 31.5 Å². The van der Waals surface area contributed by atoms with Crippen molar-refractivity contribution in [2.75, 3.05) is 13.1 Å². The molecule has 0 radical (unpaired) electrons. The van der Waals surface area contributed by atoms with Crippen LogP contribution in [0.1, 0.15) is 24.5 Å². The molecule has 2 rings (SSSR count). The molecule has 1 aliphatic heterocycles. The Hall–Kier alpha value is -2.12. The second kappa shape index (κ2) is 5.75. The van der Waals surface area contributed by atoms with Gasteiger partial charge in [0.25, 0.3) is 0 Å². The zero-order chi connectivity index (χ0) is 18.3. The number of rotatable bonds is 3. The Morgan fingerprint density at radius 2 is 2.04 bits per heavy atom. The van der Waals surface area contributed by atoms with Gasteiger partial charge in [-0.25, -0.2) is 8.42 Å². The van der Waals surface area contributed by atoms with E-state index >= 15 is 0 Å². The SMILES string of the molecule is CC1(C(=O)O)CCN(S(=O)(=O)c2ccc(C#N)c(C(F)(F)F)c2)C1. The highest BCUT2D eigenvalue weighted by atomic mass is 32.2. The predicted octanol–water partition coefficient (Wildman–Crippen LogP) is 2.06. The number of sulfonamides is 1. The lowest BCUT2D eigenvalue weighted by Gasteiger charge is -2.20. The van der Waals surface area contributed by atoms with Crippen LogP contribution in [0.5, 0.6) is 0 Å². The Morgan fingerprint density at radius 1 is 1.42 bits per heavy atom. The smallest absolute Gasteiger partial charge is 0.417 e. The third-order valence-electron chi connectivity index (χ3n) is 4.01. The maximum Gasteiger partial charge on any atom is 0.417 e. The van der Waals surface area contributed by atoms with E-state index in [9.17, 15) is 26.4 Å². The number of alkyl halides is 3. The summed E-state index contributed by atoms with van der Waals surface area (Å²) in [5.41, 5.74) is -3.31. The summed E-state index contributed by atoms with van der Waals surface area (Å²) in [5, 5.41) is 17.9. The van der Waals surface area contributed by atoms with Crippen molar-refractivity contribution in [3.8, 4) is 6.07 Å². The first-order valence-electron chi connectivity index (χ1n) is 6.77. The highest BCUT2D eigenvalue weighted by Crippen LogP contribution is 2.36. The van der Waals surface area contributed by atoms with Crippen molar-refractivity contribution in [1.29, 1.82) is 5.26 Å². The van der Waals surface area contributed by atoms with Crippen LogP contribution in [-0.2, 0) is 21.0 Å². The molecule has 24 heavy (non-hydrogen) atoms. The molecule has 1 aromatic carbocycles. The second-order valence-corrected chi connectivity index (χ2v) is 7.71. The van der Waals surface area contributed by atoms with Crippen LogP contribution in [0.25, 0.3) is 0 Å². The van der Waals surface area contributed by atoms with Crippen molar-refractivity contribution in [2.24, 2.45) is 5.41 Å². The van der Waals surface area contributed by atoms with Gasteiger partial charge < -0.3 is 5.11 Å². The van der Waals surface area contributed by atoms with Crippen molar-refractivity contribution in [3.63, 3.8) is 0 Å². The first-order chi connectivity index (χ1) is 10.9. The number of carboxylic acid groups (broad SMARTS) is 1. The number of nitrogens with zero attached hydrogens (tertiary/aromatic N) is 2. The largest absolute Gasteiger partial charge is 0.481 e. The molecule has 10 heteroatoms. The molecule has 0 amide bonds. The van der Waals surface area contributed by atoms with Crippen molar-refractivity contribution in [3.05, 3.63) is 29.3 Å². The van der Waals surface area contributed by atoms with Gasteiger partial charge in [-0.3, -0.25) is 4.79 Å². The van der Waals surface area contributed by atoms with E-state index in [1.165, 1.54) is 13.0 Å². The van der Waals surface area contributed by atoms with Gasteiger partial charge >= 0.3 is 12.1 Å². The van der Waals surface area contributed by atoms with E-state index in [-0.39, 0.29) is 19.5 Å². The van der Waals surface area contributed by atoms with E-state index < -0.39 is 43.6 Å². The van der Waals surface area contributed by atoms with E-state index in [2.05, 4.69) is 0 Å². The van der Waals surface area contributed by atoms with Crippen molar-refractivity contribution in [1.82, 2.24) is 4.31 Å². The van der Waals surface area contributed by atoms with Gasteiger partial charge in [0.1, 0.15) is 0 Å². The normalized spacial score (nSPS) is 22.3. The zero-order valence-electron chi connectivity index (χ0n) is 12.5. The quantitative estimate of drug-likeness (QED) is 0.887. The molecule has 6 nitrogen and oxygen atoms in total. The fourth-order valence-electron chi connectivity index (χ4n) is 2.46. The molecule has 0 aromatic heterocycles. The standard InChI is InChI=1S/C14H13F3N2O4S/c1-13(12(20)21)4-5-19(8-13)24(22,23)10-3-2-9(7-18)11(6-10)14(15,16)17/h2-3,6H,4-5,8H2,1H3,(H,20,21). The molecular weight excluding hydrogens is 349 g/mol. The minimum absolute atomic E-state index is 0.0595. The number of hydrogen-bond acceptors (Lipinski definition) is 4. The molecule has 1 N–H and O–H groups in total. The Balaban J connectivity index is 2.45. The molecule has 0 bridgehead atoms. The number of hydrogen-bond donors (Lipinski definition) is 1. The Kier molecular flexibility index (Phi) is 4.37. The first-order valence-corrected chi connectivity index (χ1v) is 8.21. The Labute approximate surface area is 136 Å². The Morgan fingerprint density at radius 3 is 2.50 bits per heavy atom. The number of halogens is 3. The number of benzene rings is 1. The molecular formula is C14H13F3N2O4S. The highest BCUT2D eigenvalue weighted by Gasteiger charge is 2.45. The zero-order valence-corrected chi connectivity index (χ0v) is 13.3. The maximum atomic E-state index is 13.0. The highest BCUT2D eigenvalue weighted by molar-refractivity contribution is 7.89. The van der Waals surface area contributed by atoms with E-state index in [0.29, 0.717) is 6.07 Å². The summed E-state index contributed by atoms with van der Waals surface area (Å²) in [5.74, 6) is -1.17. The van der Waals surface area contributed by atoms with Crippen molar-refractivity contribution >= 4 is 16.0 Å². The molecule has 1 saturated heterocycles. The molecule has 0 aliphatic carbocycles. The molecule has 1 fully saturated rings. The molecule has 1 aromatic rings. The third kappa shape index (κ3) is 3.09. The fraction of sp³-hybridized carbons (Fsp3) is 0.429. The minimum atomic E-state index is -4.88. The van der Waals surface area contributed by atoms with Crippen LogP contribution in [0.3, 0.4) is 0 Å². The number of nitriles is 1. The summed E-state index contributed by atoms with van der Waals surface area (Å²) in [6.07, 6.45) is -4.82. The van der Waals surface area contributed by atoms with E-state index in [0.717, 1.165) is 16.4 Å². The summed E-state index contributed by atoms with van der Waals surface area (Å²) in [6, 6.07) is 3.49. The average Bonchev–Trinajstić information content (AvgIpc) is 2.90. The lowest BCUT2D eigenvalue weighted by Crippen LogP contribution is -2.35. The van der Waals surface area contributed by atoms with Crippen LogP contribution in [0, 0.1) is 16.7 Å². The monoisotopic (exact) mass is 362 g/mol. The summed E-state index contributed by atoms with van der Waals surface area (Å²) in [7, 11) is -4.29. The average molecular weight is 362 g/mol. The number of carbonyl (C=O) groups is 1. The van der Waals surface area contributed by atoms with Crippen molar-refractivity contribution in [2.45, 2.75) is 24.4 Å². The molecule has 130 valence electrons.